The van der Waals surface area contributed by atoms with Gasteiger partial charge in [-0.1, -0.05) is 38.5 Å². The van der Waals surface area contributed by atoms with E-state index in [-0.39, 0.29) is 24.1 Å². The van der Waals surface area contributed by atoms with E-state index in [9.17, 15) is 9.59 Å². The molecule has 0 aliphatic heterocycles. The standard InChI is InChI=1S/C21H27N3O3/c1-14-6-11-19(18(12-14)21(3,4)5)27-13-22-20(26)24-17-9-7-16(8-10-17)23-15(2)25/h6-12H,13H2,1-5H3,(H,23,25)(H2,22,24,26). The predicted molar refractivity (Wildman–Crippen MR) is 108 cm³/mol. The van der Waals surface area contributed by atoms with Crippen LogP contribution in [0.2, 0.25) is 0 Å². The van der Waals surface area contributed by atoms with Gasteiger partial charge in [-0.05, 0) is 48.2 Å². The minimum Gasteiger partial charge on any atom is -0.473 e. The van der Waals surface area contributed by atoms with Crippen LogP contribution in [0.15, 0.2) is 42.5 Å². The highest BCUT2D eigenvalue weighted by atomic mass is 16.5. The van der Waals surface area contributed by atoms with E-state index in [4.69, 9.17) is 4.74 Å². The van der Waals surface area contributed by atoms with Crippen LogP contribution in [0.3, 0.4) is 0 Å². The number of hydrogen-bond acceptors (Lipinski definition) is 3. The van der Waals surface area contributed by atoms with Crippen LogP contribution in [0.25, 0.3) is 0 Å². The third-order valence-electron chi connectivity index (χ3n) is 3.87. The minimum atomic E-state index is -0.369. The highest BCUT2D eigenvalue weighted by Crippen LogP contribution is 2.31. The Morgan fingerprint density at radius 2 is 1.56 bits per heavy atom. The molecule has 0 unspecified atom stereocenters. The summed E-state index contributed by atoms with van der Waals surface area (Å²) in [7, 11) is 0. The van der Waals surface area contributed by atoms with Crippen molar-refractivity contribution >= 4 is 23.3 Å². The molecule has 0 heterocycles. The summed E-state index contributed by atoms with van der Waals surface area (Å²) in [5, 5.41) is 8.07. The van der Waals surface area contributed by atoms with Gasteiger partial charge in [-0.25, -0.2) is 4.79 Å². The van der Waals surface area contributed by atoms with Crippen LogP contribution in [-0.2, 0) is 10.2 Å². The predicted octanol–water partition coefficient (Wildman–Crippen LogP) is 4.41. The lowest BCUT2D eigenvalue weighted by atomic mass is 9.85. The van der Waals surface area contributed by atoms with E-state index in [1.165, 1.54) is 12.5 Å². The quantitative estimate of drug-likeness (QED) is 0.683. The lowest BCUT2D eigenvalue weighted by molar-refractivity contribution is -0.114. The summed E-state index contributed by atoms with van der Waals surface area (Å²) < 4.78 is 5.77. The number of ether oxygens (including phenoxy) is 1. The maximum Gasteiger partial charge on any atom is 0.321 e. The van der Waals surface area contributed by atoms with Gasteiger partial charge < -0.3 is 20.7 Å². The van der Waals surface area contributed by atoms with E-state index in [0.29, 0.717) is 11.4 Å². The van der Waals surface area contributed by atoms with Crippen molar-refractivity contribution in [2.24, 2.45) is 0 Å². The molecule has 0 atom stereocenters. The molecule has 0 bridgehead atoms. The Hall–Kier alpha value is -3.02. The first-order chi connectivity index (χ1) is 12.6. The van der Waals surface area contributed by atoms with Crippen LogP contribution in [-0.4, -0.2) is 18.7 Å². The van der Waals surface area contributed by atoms with Crippen molar-refractivity contribution in [2.45, 2.75) is 40.0 Å². The van der Waals surface area contributed by atoms with Gasteiger partial charge in [-0.2, -0.15) is 0 Å². The lowest BCUT2D eigenvalue weighted by Crippen LogP contribution is -2.32. The van der Waals surface area contributed by atoms with Crippen LogP contribution in [0.4, 0.5) is 16.2 Å². The van der Waals surface area contributed by atoms with E-state index >= 15 is 0 Å². The topological polar surface area (TPSA) is 79.5 Å². The van der Waals surface area contributed by atoms with Gasteiger partial charge >= 0.3 is 6.03 Å². The molecule has 0 spiro atoms. The van der Waals surface area contributed by atoms with Crippen LogP contribution in [0.5, 0.6) is 5.75 Å². The molecule has 3 amide bonds. The molecule has 27 heavy (non-hydrogen) atoms. The summed E-state index contributed by atoms with van der Waals surface area (Å²) in [6, 6.07) is 12.5. The first-order valence-electron chi connectivity index (χ1n) is 8.81. The zero-order valence-electron chi connectivity index (χ0n) is 16.5. The van der Waals surface area contributed by atoms with Gasteiger partial charge in [0.2, 0.25) is 5.91 Å². The summed E-state index contributed by atoms with van der Waals surface area (Å²) in [6.45, 7) is 9.92. The Labute approximate surface area is 160 Å². The fourth-order valence-corrected chi connectivity index (χ4v) is 2.55. The van der Waals surface area contributed by atoms with Gasteiger partial charge in [0.25, 0.3) is 0 Å². The molecule has 6 nitrogen and oxygen atoms in total. The Morgan fingerprint density at radius 1 is 0.963 bits per heavy atom. The molecular formula is C21H27N3O3. The summed E-state index contributed by atoms with van der Waals surface area (Å²) in [5.74, 6) is 0.615. The third kappa shape index (κ3) is 6.33. The fraction of sp³-hybridized carbons (Fsp3) is 0.333. The molecule has 3 N–H and O–H groups in total. The van der Waals surface area contributed by atoms with Gasteiger partial charge in [-0.3, -0.25) is 4.79 Å². The number of benzene rings is 2. The number of nitrogens with one attached hydrogen (secondary N) is 3. The summed E-state index contributed by atoms with van der Waals surface area (Å²) in [5.41, 5.74) is 3.50. The molecule has 2 rings (SSSR count). The van der Waals surface area contributed by atoms with Crippen LogP contribution >= 0.6 is 0 Å². The molecule has 0 aliphatic rings. The molecule has 0 aliphatic carbocycles. The van der Waals surface area contributed by atoms with Crippen LogP contribution in [0.1, 0.15) is 38.8 Å². The Kier molecular flexibility index (Phi) is 6.45. The molecular weight excluding hydrogens is 342 g/mol. The zero-order chi connectivity index (χ0) is 20.0. The maximum atomic E-state index is 12.0. The first-order valence-corrected chi connectivity index (χ1v) is 8.81. The minimum absolute atomic E-state index is 0.0563. The first kappa shape index (κ1) is 20.3. The number of rotatable bonds is 5. The number of anilines is 2. The Bertz CT molecular complexity index is 808. The Balaban J connectivity index is 1.89. The SMILES string of the molecule is CC(=O)Nc1ccc(NC(=O)NCOc2ccc(C)cc2C(C)(C)C)cc1. The summed E-state index contributed by atoms with van der Waals surface area (Å²) >= 11 is 0. The number of carbonyl (C=O) groups is 2. The van der Waals surface area contributed by atoms with Crippen LogP contribution in [0, 0.1) is 6.92 Å². The smallest absolute Gasteiger partial charge is 0.321 e. The molecule has 0 saturated heterocycles. The summed E-state index contributed by atoms with van der Waals surface area (Å²) in [6.07, 6.45) is 0. The van der Waals surface area contributed by atoms with E-state index in [2.05, 4.69) is 42.8 Å². The largest absolute Gasteiger partial charge is 0.473 e. The second kappa shape index (κ2) is 8.58. The third-order valence-corrected chi connectivity index (χ3v) is 3.87. The molecule has 2 aromatic carbocycles. The van der Waals surface area contributed by atoms with Gasteiger partial charge in [0.15, 0.2) is 6.73 Å². The van der Waals surface area contributed by atoms with Crippen LogP contribution < -0.4 is 20.7 Å². The van der Waals surface area contributed by atoms with Crippen molar-refractivity contribution in [1.29, 1.82) is 0 Å². The highest BCUT2D eigenvalue weighted by Gasteiger charge is 2.19. The second-order valence-corrected chi connectivity index (χ2v) is 7.43. The Morgan fingerprint density at radius 3 is 2.11 bits per heavy atom. The molecule has 0 radical (unpaired) electrons. The van der Waals surface area contributed by atoms with Crippen molar-refractivity contribution in [3.8, 4) is 5.75 Å². The van der Waals surface area contributed by atoms with Gasteiger partial charge in [0, 0.05) is 18.3 Å². The van der Waals surface area contributed by atoms with E-state index in [0.717, 1.165) is 11.3 Å². The van der Waals surface area contributed by atoms with Gasteiger partial charge in [0.1, 0.15) is 5.75 Å². The normalized spacial score (nSPS) is 10.9. The van der Waals surface area contributed by atoms with Crippen molar-refractivity contribution in [1.82, 2.24) is 5.32 Å². The average Bonchev–Trinajstić information content (AvgIpc) is 2.56. The van der Waals surface area contributed by atoms with Gasteiger partial charge in [-0.15, -0.1) is 0 Å². The summed E-state index contributed by atoms with van der Waals surface area (Å²) in [4.78, 5) is 23.0. The number of carbonyl (C=O) groups excluding carboxylic acids is 2. The molecule has 2 aromatic rings. The number of aryl methyl sites for hydroxylation is 1. The van der Waals surface area contributed by atoms with Gasteiger partial charge in [0.05, 0.1) is 0 Å². The fourth-order valence-electron chi connectivity index (χ4n) is 2.55. The van der Waals surface area contributed by atoms with E-state index < -0.39 is 0 Å². The molecule has 144 valence electrons. The van der Waals surface area contributed by atoms with Crippen molar-refractivity contribution < 1.29 is 14.3 Å². The molecule has 0 saturated carbocycles. The van der Waals surface area contributed by atoms with Crippen molar-refractivity contribution in [3.05, 3.63) is 53.6 Å². The molecule has 6 heteroatoms. The second-order valence-electron chi connectivity index (χ2n) is 7.43. The zero-order valence-corrected chi connectivity index (χ0v) is 16.5. The number of amides is 3. The molecule has 0 aromatic heterocycles. The number of urea groups is 1. The van der Waals surface area contributed by atoms with Crippen molar-refractivity contribution in [2.75, 3.05) is 17.4 Å². The van der Waals surface area contributed by atoms with E-state index in [1.807, 2.05) is 19.1 Å². The number of hydrogen-bond donors (Lipinski definition) is 3. The molecule has 0 fully saturated rings. The monoisotopic (exact) mass is 369 g/mol. The van der Waals surface area contributed by atoms with E-state index in [1.54, 1.807) is 24.3 Å². The maximum absolute atomic E-state index is 12.0. The average molecular weight is 369 g/mol. The highest BCUT2D eigenvalue weighted by molar-refractivity contribution is 5.91. The van der Waals surface area contributed by atoms with Crippen molar-refractivity contribution in [3.63, 3.8) is 0 Å². The lowest BCUT2D eigenvalue weighted by Gasteiger charge is -2.23.